The number of nitrogens with zero attached hydrogens (tertiary/aromatic N) is 3. The molecule has 5 heteroatoms. The highest BCUT2D eigenvalue weighted by atomic mass is 32.2. The van der Waals surface area contributed by atoms with Crippen molar-refractivity contribution in [1.29, 1.82) is 5.26 Å². The Balaban J connectivity index is 1.50. The van der Waals surface area contributed by atoms with Crippen LogP contribution in [0.25, 0.3) is 10.8 Å². The maximum absolute atomic E-state index is 13.2. The van der Waals surface area contributed by atoms with Gasteiger partial charge in [-0.2, -0.15) is 5.26 Å². The van der Waals surface area contributed by atoms with Crippen LogP contribution in [0.4, 0.5) is 0 Å². The average Bonchev–Trinajstić information content (AvgIpc) is 2.79. The first kappa shape index (κ1) is 18.7. The Labute approximate surface area is 176 Å². The highest BCUT2D eigenvalue weighted by Crippen LogP contribution is 2.44. The van der Waals surface area contributed by atoms with E-state index in [1.165, 1.54) is 32.1 Å². The van der Waals surface area contributed by atoms with Crippen LogP contribution >= 0.6 is 11.8 Å². The molecule has 29 heavy (non-hydrogen) atoms. The lowest BCUT2D eigenvalue weighted by Crippen LogP contribution is -2.51. The molecule has 1 atom stereocenters. The van der Waals surface area contributed by atoms with Gasteiger partial charge in [-0.1, -0.05) is 73.5 Å². The summed E-state index contributed by atoms with van der Waals surface area (Å²) in [6, 6.07) is 17.5. The molecule has 5 rings (SSSR count). The van der Waals surface area contributed by atoms with Gasteiger partial charge < -0.3 is 0 Å². The summed E-state index contributed by atoms with van der Waals surface area (Å²) in [5.74, 6) is 0.862. The van der Waals surface area contributed by atoms with Crippen molar-refractivity contribution in [2.75, 3.05) is 12.5 Å². The smallest absolute Gasteiger partial charge is 0.229 e. The van der Waals surface area contributed by atoms with Crippen molar-refractivity contribution in [2.24, 2.45) is 0 Å². The monoisotopic (exact) mass is 403 g/mol. The number of carbonyl (C=O) groups excluding carboxylic acids is 1. The SMILES string of the molecule is N#CC1=C2SCN(C3CCCCC3)CN2C(=O)C[C@H]1c1cccc2ccccc12. The van der Waals surface area contributed by atoms with Crippen LogP contribution < -0.4 is 0 Å². The molecule has 0 spiro atoms. The minimum atomic E-state index is -0.154. The highest BCUT2D eigenvalue weighted by Gasteiger charge is 2.40. The Morgan fingerprint density at radius 3 is 2.66 bits per heavy atom. The second-order valence-electron chi connectivity index (χ2n) is 8.27. The molecule has 2 aliphatic heterocycles. The van der Waals surface area contributed by atoms with E-state index in [0.717, 1.165) is 32.8 Å². The van der Waals surface area contributed by atoms with Gasteiger partial charge in [0, 0.05) is 18.4 Å². The number of carbonyl (C=O) groups is 1. The van der Waals surface area contributed by atoms with Crippen molar-refractivity contribution in [3.05, 3.63) is 58.6 Å². The maximum atomic E-state index is 13.2. The minimum absolute atomic E-state index is 0.143. The van der Waals surface area contributed by atoms with Crippen molar-refractivity contribution in [2.45, 2.75) is 50.5 Å². The van der Waals surface area contributed by atoms with Gasteiger partial charge in [0.2, 0.25) is 5.91 Å². The number of benzene rings is 2. The van der Waals surface area contributed by atoms with E-state index in [2.05, 4.69) is 35.2 Å². The van der Waals surface area contributed by atoms with Crippen molar-refractivity contribution in [1.82, 2.24) is 9.80 Å². The normalized spacial score (nSPS) is 23.9. The molecule has 0 bridgehead atoms. The van der Waals surface area contributed by atoms with Crippen LogP contribution in [0, 0.1) is 11.3 Å². The molecule has 1 amide bonds. The Bertz CT molecular complexity index is 1010. The Hall–Kier alpha value is -2.29. The fourth-order valence-corrected chi connectivity index (χ4v) is 6.31. The zero-order valence-electron chi connectivity index (χ0n) is 16.5. The van der Waals surface area contributed by atoms with Crippen molar-refractivity contribution < 1.29 is 4.79 Å². The molecule has 0 radical (unpaired) electrons. The molecule has 1 saturated carbocycles. The third kappa shape index (κ3) is 3.35. The van der Waals surface area contributed by atoms with Crippen molar-refractivity contribution in [3.8, 4) is 6.07 Å². The van der Waals surface area contributed by atoms with Crippen molar-refractivity contribution in [3.63, 3.8) is 0 Å². The molecular weight excluding hydrogens is 378 g/mol. The van der Waals surface area contributed by atoms with Gasteiger partial charge in [0.15, 0.2) is 0 Å². The lowest BCUT2D eigenvalue weighted by Gasteiger charge is -2.44. The summed E-state index contributed by atoms with van der Waals surface area (Å²) in [5, 5.41) is 13.2. The van der Waals surface area contributed by atoms with Crippen LogP contribution in [-0.2, 0) is 4.79 Å². The first-order valence-corrected chi connectivity index (χ1v) is 11.5. The third-order valence-corrected chi connectivity index (χ3v) is 7.78. The molecule has 2 heterocycles. The fourth-order valence-electron chi connectivity index (χ4n) is 5.07. The van der Waals surface area contributed by atoms with Gasteiger partial charge >= 0.3 is 0 Å². The number of hydrogen-bond acceptors (Lipinski definition) is 4. The van der Waals surface area contributed by atoms with Gasteiger partial charge in [0.05, 0.1) is 29.2 Å². The summed E-state index contributed by atoms with van der Waals surface area (Å²) in [7, 11) is 0. The number of nitriles is 1. The number of amides is 1. The van der Waals surface area contributed by atoms with Gasteiger partial charge in [0.1, 0.15) is 0 Å². The van der Waals surface area contributed by atoms with Crippen molar-refractivity contribution >= 4 is 28.4 Å². The van der Waals surface area contributed by atoms with Gasteiger partial charge in [-0.05, 0) is 29.2 Å². The molecule has 0 aromatic heterocycles. The van der Waals surface area contributed by atoms with E-state index in [1.54, 1.807) is 11.8 Å². The number of allylic oxidation sites excluding steroid dienone is 1. The Morgan fingerprint density at radius 1 is 1.03 bits per heavy atom. The van der Waals surface area contributed by atoms with Gasteiger partial charge in [-0.15, -0.1) is 0 Å². The van der Waals surface area contributed by atoms with Gasteiger partial charge in [0.25, 0.3) is 0 Å². The predicted octanol–water partition coefficient (Wildman–Crippen LogP) is 5.19. The zero-order chi connectivity index (χ0) is 19.8. The number of rotatable bonds is 2. The molecule has 2 aromatic carbocycles. The summed E-state index contributed by atoms with van der Waals surface area (Å²) >= 11 is 1.68. The summed E-state index contributed by atoms with van der Waals surface area (Å²) in [6.07, 6.45) is 6.73. The first-order valence-electron chi connectivity index (χ1n) is 10.6. The summed E-state index contributed by atoms with van der Waals surface area (Å²) in [4.78, 5) is 17.5. The van der Waals surface area contributed by atoms with Gasteiger partial charge in [-0.25, -0.2) is 0 Å². The summed E-state index contributed by atoms with van der Waals surface area (Å²) in [6.45, 7) is 0.638. The third-order valence-electron chi connectivity index (χ3n) is 6.60. The number of fused-ring (bicyclic) bond motifs is 2. The quantitative estimate of drug-likeness (QED) is 0.692. The molecule has 0 N–H and O–H groups in total. The minimum Gasteiger partial charge on any atom is -0.292 e. The number of hydrogen-bond donors (Lipinski definition) is 0. The van der Waals surface area contributed by atoms with E-state index in [4.69, 9.17) is 0 Å². The molecule has 2 aromatic rings. The second-order valence-corrected chi connectivity index (χ2v) is 9.21. The van der Waals surface area contributed by atoms with Gasteiger partial charge in [-0.3, -0.25) is 14.6 Å². The molecule has 0 unspecified atom stereocenters. The molecule has 148 valence electrons. The van der Waals surface area contributed by atoms with E-state index in [0.29, 0.717) is 19.1 Å². The zero-order valence-corrected chi connectivity index (χ0v) is 17.3. The largest absolute Gasteiger partial charge is 0.292 e. The molecule has 4 nitrogen and oxygen atoms in total. The molecular formula is C24H25N3OS. The first-order chi connectivity index (χ1) is 14.3. The van der Waals surface area contributed by atoms with Crippen LogP contribution in [0.2, 0.25) is 0 Å². The molecule has 1 aliphatic carbocycles. The standard InChI is InChI=1S/C24H25N3OS/c25-14-22-21(20-12-6-8-17-7-4-5-11-19(17)20)13-23(28)27-15-26(16-29-24(22)27)18-9-2-1-3-10-18/h4-8,11-12,18,21H,1-3,9-10,13,15-16H2/t21-/m0/s1. The van der Waals surface area contributed by atoms with E-state index in [-0.39, 0.29) is 11.8 Å². The molecule has 3 aliphatic rings. The Kier molecular flexibility index (Phi) is 5.07. The predicted molar refractivity (Wildman–Crippen MR) is 117 cm³/mol. The van der Waals surface area contributed by atoms with E-state index >= 15 is 0 Å². The Morgan fingerprint density at radius 2 is 1.83 bits per heavy atom. The molecule has 1 saturated heterocycles. The topological polar surface area (TPSA) is 47.3 Å². The van der Waals surface area contributed by atoms with Crippen LogP contribution in [0.1, 0.15) is 50.0 Å². The van der Waals surface area contributed by atoms with E-state index < -0.39 is 0 Å². The fraction of sp³-hybridized carbons (Fsp3) is 0.417. The number of thioether (sulfide) groups is 1. The van der Waals surface area contributed by atoms with Crippen LogP contribution in [0.15, 0.2) is 53.1 Å². The average molecular weight is 404 g/mol. The highest BCUT2D eigenvalue weighted by molar-refractivity contribution is 8.03. The molecule has 2 fully saturated rings. The lowest BCUT2D eigenvalue weighted by atomic mass is 9.84. The maximum Gasteiger partial charge on any atom is 0.229 e. The summed E-state index contributed by atoms with van der Waals surface area (Å²) < 4.78 is 0. The summed E-state index contributed by atoms with van der Waals surface area (Å²) in [5.41, 5.74) is 1.85. The van der Waals surface area contributed by atoms with E-state index in [9.17, 15) is 10.1 Å². The van der Waals surface area contributed by atoms with Crippen LogP contribution in [0.3, 0.4) is 0 Å². The van der Waals surface area contributed by atoms with E-state index in [1.807, 2.05) is 23.1 Å². The van der Waals surface area contributed by atoms with Crippen LogP contribution in [0.5, 0.6) is 0 Å². The second kappa shape index (κ2) is 7.85. The van der Waals surface area contributed by atoms with Crippen LogP contribution in [-0.4, -0.2) is 34.3 Å². The lowest BCUT2D eigenvalue weighted by molar-refractivity contribution is -0.132.